The molecule has 1 heterocycles. The molecule has 130 valence electrons. The molecule has 3 rings (SSSR count). The van der Waals surface area contributed by atoms with Gasteiger partial charge in [-0.15, -0.1) is 0 Å². The van der Waals surface area contributed by atoms with Gasteiger partial charge in [-0.2, -0.15) is 5.10 Å². The molecule has 0 saturated heterocycles. The number of aromatic nitrogens is 2. The molecule has 0 unspecified atom stereocenters. The fourth-order valence-corrected chi connectivity index (χ4v) is 2.57. The van der Waals surface area contributed by atoms with Crippen LogP contribution in [0, 0.1) is 0 Å². The molecule has 5 heteroatoms. The van der Waals surface area contributed by atoms with Crippen LogP contribution in [0.2, 0.25) is 0 Å². The molecule has 5 nitrogen and oxygen atoms in total. The molecule has 0 N–H and O–H groups in total. The lowest BCUT2D eigenvalue weighted by atomic mass is 10.1. The van der Waals surface area contributed by atoms with Gasteiger partial charge in [-0.3, -0.25) is 9.59 Å². The highest BCUT2D eigenvalue weighted by molar-refractivity contribution is 5.83. The van der Waals surface area contributed by atoms with Crippen molar-refractivity contribution in [2.45, 2.75) is 13.8 Å². The number of nitrogens with zero attached hydrogens (tertiary/aromatic N) is 2. The number of ether oxygens (including phenoxy) is 1. The molecule has 1 aromatic heterocycles. The summed E-state index contributed by atoms with van der Waals surface area (Å²) in [5, 5.41) is 4.38. The summed E-state index contributed by atoms with van der Waals surface area (Å²) in [4.78, 5) is 23.3. The maximum atomic E-state index is 12.0. The first-order valence-corrected chi connectivity index (χ1v) is 8.16. The first-order valence-electron chi connectivity index (χ1n) is 8.16. The normalized spacial score (nSPS) is 10.8. The summed E-state index contributed by atoms with van der Waals surface area (Å²) < 4.78 is 6.58. The van der Waals surface area contributed by atoms with Crippen molar-refractivity contribution in [2.75, 3.05) is 0 Å². The Kier molecular flexibility index (Phi) is 5.08. The highest BCUT2D eigenvalue weighted by Crippen LogP contribution is 2.30. The largest absolute Gasteiger partial charge is 0.426 e. The molecule has 0 spiro atoms. The van der Waals surface area contributed by atoms with Crippen LogP contribution in [0.15, 0.2) is 60.7 Å². The van der Waals surface area contributed by atoms with Gasteiger partial charge in [-0.05, 0) is 29.8 Å². The number of hydrogen-bond acceptors (Lipinski definition) is 4. The van der Waals surface area contributed by atoms with Gasteiger partial charge < -0.3 is 4.74 Å². The van der Waals surface area contributed by atoms with Crippen LogP contribution >= 0.6 is 0 Å². The zero-order chi connectivity index (χ0) is 18.5. The van der Waals surface area contributed by atoms with Gasteiger partial charge in [0.15, 0.2) is 0 Å². The van der Waals surface area contributed by atoms with E-state index in [1.54, 1.807) is 24.3 Å². The Labute approximate surface area is 151 Å². The van der Waals surface area contributed by atoms with Crippen LogP contribution in [0.5, 0.6) is 5.75 Å². The van der Waals surface area contributed by atoms with E-state index >= 15 is 0 Å². The van der Waals surface area contributed by atoms with E-state index in [-0.39, 0.29) is 5.91 Å². The molecule has 0 saturated carbocycles. The predicted octanol–water partition coefficient (Wildman–Crippen LogP) is 4.31. The second kappa shape index (κ2) is 7.61. The second-order valence-corrected chi connectivity index (χ2v) is 5.72. The van der Waals surface area contributed by atoms with E-state index < -0.39 is 5.97 Å². The summed E-state index contributed by atoms with van der Waals surface area (Å²) in [7, 11) is 0. The minimum Gasteiger partial charge on any atom is -0.426 e. The molecule has 0 atom stereocenters. The highest BCUT2D eigenvalue weighted by Gasteiger charge is 2.15. The molecule has 0 radical (unpaired) electrons. The molecular formula is C21H18N2O3. The summed E-state index contributed by atoms with van der Waals surface area (Å²) in [6.45, 7) is 2.80. The Balaban J connectivity index is 2.02. The van der Waals surface area contributed by atoms with E-state index in [9.17, 15) is 9.59 Å². The number of carbonyl (C=O) groups excluding carboxylic acids is 2. The lowest BCUT2D eigenvalue weighted by molar-refractivity contribution is -0.131. The van der Waals surface area contributed by atoms with Gasteiger partial charge in [-0.25, -0.2) is 4.68 Å². The number of benzene rings is 2. The van der Waals surface area contributed by atoms with Crippen LogP contribution in [0.3, 0.4) is 0 Å². The molecular weight excluding hydrogens is 328 g/mol. The fraction of sp³-hybridized carbons (Fsp3) is 0.0952. The highest BCUT2D eigenvalue weighted by atomic mass is 16.5. The molecule has 3 aromatic rings. The monoisotopic (exact) mass is 346 g/mol. The molecule has 0 fully saturated rings. The zero-order valence-corrected chi connectivity index (χ0v) is 14.5. The van der Waals surface area contributed by atoms with Crippen LogP contribution in [-0.4, -0.2) is 21.7 Å². The van der Waals surface area contributed by atoms with Crippen molar-refractivity contribution in [1.29, 1.82) is 0 Å². The predicted molar refractivity (Wildman–Crippen MR) is 101 cm³/mol. The molecule has 0 aliphatic heterocycles. The van der Waals surface area contributed by atoms with Crippen LogP contribution in [0.1, 0.15) is 29.9 Å². The van der Waals surface area contributed by atoms with Crippen LogP contribution in [-0.2, 0) is 4.79 Å². The third-order valence-corrected chi connectivity index (χ3v) is 3.70. The molecule has 26 heavy (non-hydrogen) atoms. The average Bonchev–Trinajstić information content (AvgIpc) is 3.05. The Hall–Kier alpha value is -3.47. The van der Waals surface area contributed by atoms with Crippen molar-refractivity contribution in [1.82, 2.24) is 9.78 Å². The van der Waals surface area contributed by atoms with Gasteiger partial charge in [-0.1, -0.05) is 48.5 Å². The number of hydrogen-bond donors (Lipinski definition) is 0. The van der Waals surface area contributed by atoms with E-state index in [1.165, 1.54) is 18.5 Å². The van der Waals surface area contributed by atoms with Gasteiger partial charge in [0.2, 0.25) is 5.91 Å². The van der Waals surface area contributed by atoms with Crippen molar-refractivity contribution in [2.24, 2.45) is 0 Å². The Bertz CT molecular complexity index is 972. The summed E-state index contributed by atoms with van der Waals surface area (Å²) in [6.07, 6.45) is 3.75. The van der Waals surface area contributed by atoms with Crippen LogP contribution < -0.4 is 4.74 Å². The molecule has 0 aliphatic rings. The minimum absolute atomic E-state index is 0.200. The maximum Gasteiger partial charge on any atom is 0.308 e. The molecule has 0 bridgehead atoms. The number of para-hydroxylation sites is 1. The van der Waals surface area contributed by atoms with E-state index in [0.717, 1.165) is 5.56 Å². The van der Waals surface area contributed by atoms with Gasteiger partial charge in [0.1, 0.15) is 5.75 Å². The van der Waals surface area contributed by atoms with Gasteiger partial charge in [0.05, 0.1) is 11.4 Å². The Morgan fingerprint density at radius 3 is 2.35 bits per heavy atom. The maximum absolute atomic E-state index is 12.0. The van der Waals surface area contributed by atoms with Gasteiger partial charge >= 0.3 is 5.97 Å². The van der Waals surface area contributed by atoms with Crippen LogP contribution in [0.4, 0.5) is 0 Å². The Morgan fingerprint density at radius 2 is 1.65 bits per heavy atom. The van der Waals surface area contributed by atoms with E-state index in [1.807, 2.05) is 48.6 Å². The molecule has 0 amide bonds. The van der Waals surface area contributed by atoms with Crippen molar-refractivity contribution in [3.8, 4) is 17.0 Å². The van der Waals surface area contributed by atoms with Crippen molar-refractivity contribution in [3.63, 3.8) is 0 Å². The summed E-state index contributed by atoms with van der Waals surface area (Å²) in [6, 6.07) is 18.7. The Morgan fingerprint density at radius 1 is 0.962 bits per heavy atom. The van der Waals surface area contributed by atoms with Crippen LogP contribution in [0.25, 0.3) is 23.4 Å². The number of esters is 1. The lowest BCUT2D eigenvalue weighted by Crippen LogP contribution is -2.09. The lowest BCUT2D eigenvalue weighted by Gasteiger charge is -2.05. The SMILES string of the molecule is CC(=O)Oc1ccccc1-c1cc(/C=C/c2ccccc2)n(C(C)=O)n1. The smallest absolute Gasteiger partial charge is 0.308 e. The summed E-state index contributed by atoms with van der Waals surface area (Å²) in [5.41, 5.74) is 2.88. The van der Waals surface area contributed by atoms with E-state index in [0.29, 0.717) is 22.7 Å². The fourth-order valence-electron chi connectivity index (χ4n) is 2.57. The number of carbonyl (C=O) groups is 2. The molecule has 2 aromatic carbocycles. The number of rotatable bonds is 4. The first kappa shape index (κ1) is 17.4. The quantitative estimate of drug-likeness (QED) is 0.522. The standard InChI is InChI=1S/C21H18N2O3/c1-15(24)23-18(13-12-17-8-4-3-5-9-17)14-20(22-23)19-10-6-7-11-21(19)26-16(2)25/h3-14H,1-2H3/b13-12+. The van der Waals surface area contributed by atoms with Gasteiger partial charge in [0, 0.05) is 19.4 Å². The van der Waals surface area contributed by atoms with Gasteiger partial charge in [0.25, 0.3) is 0 Å². The van der Waals surface area contributed by atoms with E-state index in [2.05, 4.69) is 5.10 Å². The third-order valence-electron chi connectivity index (χ3n) is 3.70. The molecule has 0 aliphatic carbocycles. The summed E-state index contributed by atoms with van der Waals surface area (Å²) >= 11 is 0. The first-order chi connectivity index (χ1) is 12.5. The van der Waals surface area contributed by atoms with Crippen molar-refractivity contribution >= 4 is 24.0 Å². The summed E-state index contributed by atoms with van der Waals surface area (Å²) in [5.74, 6) is -0.201. The zero-order valence-electron chi connectivity index (χ0n) is 14.5. The van der Waals surface area contributed by atoms with Crippen molar-refractivity contribution in [3.05, 3.63) is 71.9 Å². The average molecular weight is 346 g/mol. The minimum atomic E-state index is -0.410. The third kappa shape index (κ3) is 3.95. The second-order valence-electron chi connectivity index (χ2n) is 5.72. The van der Waals surface area contributed by atoms with E-state index in [4.69, 9.17) is 4.74 Å². The van der Waals surface area contributed by atoms with Crippen molar-refractivity contribution < 1.29 is 14.3 Å². The topological polar surface area (TPSA) is 61.2 Å².